The van der Waals surface area contributed by atoms with Gasteiger partial charge in [-0.1, -0.05) is 6.07 Å². The van der Waals surface area contributed by atoms with Crippen LogP contribution in [0.15, 0.2) is 23.2 Å². The molecule has 0 bridgehead atoms. The number of amidine groups is 1. The van der Waals surface area contributed by atoms with Crippen LogP contribution in [0.1, 0.15) is 37.7 Å². The number of aliphatic imine (C=N–C) groups is 1. The lowest BCUT2D eigenvalue weighted by Crippen LogP contribution is -2.52. The Morgan fingerprint density at radius 1 is 1.41 bits per heavy atom. The monoisotopic (exact) mass is 394 g/mol. The first kappa shape index (κ1) is 20.8. The van der Waals surface area contributed by atoms with Crippen molar-refractivity contribution in [3.05, 3.63) is 29.6 Å². The summed E-state index contributed by atoms with van der Waals surface area (Å²) in [6.07, 6.45) is 8.33. The maximum atomic E-state index is 14.0. The fraction of sp³-hybridized carbons (Fsp3) is 0.474. The molecule has 0 saturated carbocycles. The standard InChI is InChI=1S/C19H23FN4O2.ClH/c1-2-3-4-5-13-26-18(25)24-11-9-19(10-12-24)22-15-8-6-7-14(20)16(15)17(21)23-19;/h1,6-8,22H,3-5,9-13H2,(H2,21,23);1H. The van der Waals surface area contributed by atoms with Crippen molar-refractivity contribution in [2.24, 2.45) is 10.7 Å². The average molecular weight is 395 g/mol. The quantitative estimate of drug-likeness (QED) is 0.607. The maximum absolute atomic E-state index is 14.0. The number of ether oxygens (including phenoxy) is 1. The molecule has 1 fully saturated rings. The molecule has 27 heavy (non-hydrogen) atoms. The number of piperidine rings is 1. The Kier molecular flexibility index (Phi) is 6.92. The van der Waals surface area contributed by atoms with Gasteiger partial charge >= 0.3 is 6.09 Å². The highest BCUT2D eigenvalue weighted by atomic mass is 35.5. The van der Waals surface area contributed by atoms with E-state index in [1.165, 1.54) is 6.07 Å². The van der Waals surface area contributed by atoms with E-state index in [2.05, 4.69) is 16.2 Å². The molecular weight excluding hydrogens is 371 g/mol. The lowest BCUT2D eigenvalue weighted by Gasteiger charge is -2.42. The topological polar surface area (TPSA) is 80.0 Å². The van der Waals surface area contributed by atoms with E-state index in [9.17, 15) is 9.18 Å². The highest BCUT2D eigenvalue weighted by Gasteiger charge is 2.39. The predicted octanol–water partition coefficient (Wildman–Crippen LogP) is 3.11. The number of likely N-dealkylation sites (tertiary alicyclic amines) is 1. The fourth-order valence-electron chi connectivity index (χ4n) is 3.33. The second-order valence-electron chi connectivity index (χ2n) is 6.58. The number of halogens is 2. The Hall–Kier alpha value is -2.46. The van der Waals surface area contributed by atoms with Crippen LogP contribution in [-0.4, -0.2) is 42.2 Å². The lowest BCUT2D eigenvalue weighted by atomic mass is 9.94. The number of nitrogens with one attached hydrogen (secondary N) is 1. The van der Waals surface area contributed by atoms with E-state index in [-0.39, 0.29) is 24.3 Å². The number of carbonyl (C=O) groups is 1. The van der Waals surface area contributed by atoms with E-state index in [0.717, 1.165) is 12.8 Å². The molecule has 0 radical (unpaired) electrons. The van der Waals surface area contributed by atoms with Crippen LogP contribution >= 0.6 is 12.4 Å². The normalized spacial score (nSPS) is 17.0. The summed E-state index contributed by atoms with van der Waals surface area (Å²) < 4.78 is 19.2. The minimum atomic E-state index is -0.603. The number of amides is 1. The van der Waals surface area contributed by atoms with Gasteiger partial charge in [0.05, 0.1) is 12.2 Å². The molecule has 1 amide bonds. The number of nitrogens with zero attached hydrogens (tertiary/aromatic N) is 2. The van der Waals surface area contributed by atoms with Gasteiger partial charge in [0.1, 0.15) is 17.3 Å². The van der Waals surface area contributed by atoms with E-state index in [1.807, 2.05) is 0 Å². The van der Waals surface area contributed by atoms with Crippen molar-refractivity contribution >= 4 is 30.0 Å². The predicted molar refractivity (Wildman–Crippen MR) is 106 cm³/mol. The summed E-state index contributed by atoms with van der Waals surface area (Å²) in [7, 11) is 0. The Morgan fingerprint density at radius 2 is 2.15 bits per heavy atom. The summed E-state index contributed by atoms with van der Waals surface area (Å²) in [6.45, 7) is 1.37. The van der Waals surface area contributed by atoms with Gasteiger partial charge in [-0.25, -0.2) is 14.2 Å². The van der Waals surface area contributed by atoms with E-state index in [1.54, 1.807) is 17.0 Å². The number of rotatable bonds is 4. The second kappa shape index (κ2) is 8.96. The third kappa shape index (κ3) is 4.64. The molecule has 8 heteroatoms. The van der Waals surface area contributed by atoms with Crippen LogP contribution < -0.4 is 11.1 Å². The number of terminal acetylenes is 1. The molecule has 1 aromatic carbocycles. The van der Waals surface area contributed by atoms with Crippen LogP contribution in [0.25, 0.3) is 0 Å². The number of nitrogens with two attached hydrogens (primary N) is 1. The molecule has 3 N–H and O–H groups in total. The van der Waals surface area contributed by atoms with Gasteiger partial charge in [0, 0.05) is 38.0 Å². The smallest absolute Gasteiger partial charge is 0.409 e. The van der Waals surface area contributed by atoms with Gasteiger partial charge in [-0.2, -0.15) is 0 Å². The van der Waals surface area contributed by atoms with Gasteiger partial charge in [-0.05, 0) is 25.0 Å². The minimum absolute atomic E-state index is 0. The zero-order valence-corrected chi connectivity index (χ0v) is 15.9. The van der Waals surface area contributed by atoms with Gasteiger partial charge in [-0.15, -0.1) is 24.8 Å². The molecule has 2 aliphatic rings. The number of anilines is 1. The first-order valence-electron chi connectivity index (χ1n) is 8.82. The zero-order valence-electron chi connectivity index (χ0n) is 15.0. The fourth-order valence-corrected chi connectivity index (χ4v) is 3.33. The molecule has 0 aliphatic carbocycles. The molecule has 6 nitrogen and oxygen atoms in total. The van der Waals surface area contributed by atoms with Gasteiger partial charge in [-0.3, -0.25) is 0 Å². The van der Waals surface area contributed by atoms with Crippen molar-refractivity contribution in [2.75, 3.05) is 25.0 Å². The van der Waals surface area contributed by atoms with Crippen LogP contribution in [0, 0.1) is 18.2 Å². The van der Waals surface area contributed by atoms with Gasteiger partial charge in [0.25, 0.3) is 0 Å². The zero-order chi connectivity index (χ0) is 18.6. The SMILES string of the molecule is C#CCCCCOC(=O)N1CCC2(CC1)N=C(N)c1c(F)cccc1N2.Cl. The van der Waals surface area contributed by atoms with Crippen LogP contribution in [0.3, 0.4) is 0 Å². The van der Waals surface area contributed by atoms with Crippen LogP contribution in [0.2, 0.25) is 0 Å². The number of benzene rings is 1. The summed E-state index contributed by atoms with van der Waals surface area (Å²) in [5, 5.41) is 3.30. The van der Waals surface area contributed by atoms with Crippen molar-refractivity contribution in [3.63, 3.8) is 0 Å². The van der Waals surface area contributed by atoms with E-state index < -0.39 is 11.5 Å². The minimum Gasteiger partial charge on any atom is -0.449 e. The summed E-state index contributed by atoms with van der Waals surface area (Å²) >= 11 is 0. The van der Waals surface area contributed by atoms with Crippen LogP contribution in [0.5, 0.6) is 0 Å². The first-order valence-corrected chi connectivity index (χ1v) is 8.82. The van der Waals surface area contributed by atoms with E-state index in [0.29, 0.717) is 50.2 Å². The third-order valence-corrected chi connectivity index (χ3v) is 4.76. The molecule has 1 spiro atoms. The summed E-state index contributed by atoms with van der Waals surface area (Å²) in [5.74, 6) is 2.37. The van der Waals surface area contributed by atoms with Gasteiger partial charge in [0.2, 0.25) is 0 Å². The van der Waals surface area contributed by atoms with Crippen LogP contribution in [0.4, 0.5) is 14.9 Å². The average Bonchev–Trinajstić information content (AvgIpc) is 2.61. The second-order valence-corrected chi connectivity index (χ2v) is 6.58. The molecule has 0 atom stereocenters. The molecule has 2 aliphatic heterocycles. The number of hydrogen-bond acceptors (Lipinski definition) is 5. The lowest BCUT2D eigenvalue weighted by molar-refractivity contribution is 0.0854. The van der Waals surface area contributed by atoms with Crippen molar-refractivity contribution in [2.45, 2.75) is 37.8 Å². The largest absolute Gasteiger partial charge is 0.449 e. The van der Waals surface area contributed by atoms with Crippen molar-refractivity contribution in [1.82, 2.24) is 4.90 Å². The number of unbranched alkanes of at least 4 members (excludes halogenated alkanes) is 2. The number of carbonyl (C=O) groups excluding carboxylic acids is 1. The van der Waals surface area contributed by atoms with E-state index >= 15 is 0 Å². The Labute approximate surface area is 164 Å². The van der Waals surface area contributed by atoms with Gasteiger partial charge in [0.15, 0.2) is 0 Å². The third-order valence-electron chi connectivity index (χ3n) is 4.76. The Bertz CT molecular complexity index is 755. The van der Waals surface area contributed by atoms with Crippen LogP contribution in [-0.2, 0) is 4.74 Å². The number of fused-ring (bicyclic) bond motifs is 1. The maximum Gasteiger partial charge on any atom is 0.409 e. The number of hydrogen-bond donors (Lipinski definition) is 2. The molecule has 3 rings (SSSR count). The summed E-state index contributed by atoms with van der Waals surface area (Å²) in [5.41, 5.74) is 6.35. The highest BCUT2D eigenvalue weighted by Crippen LogP contribution is 2.35. The molecule has 1 saturated heterocycles. The van der Waals surface area contributed by atoms with Gasteiger partial charge < -0.3 is 20.7 Å². The van der Waals surface area contributed by atoms with Crippen molar-refractivity contribution in [3.8, 4) is 12.3 Å². The van der Waals surface area contributed by atoms with Crippen molar-refractivity contribution < 1.29 is 13.9 Å². The summed E-state index contributed by atoms with van der Waals surface area (Å²) in [4.78, 5) is 18.3. The summed E-state index contributed by atoms with van der Waals surface area (Å²) in [6, 6.07) is 4.79. The molecule has 2 heterocycles. The Morgan fingerprint density at radius 3 is 2.85 bits per heavy atom. The molecular formula is C19H24ClFN4O2. The molecule has 1 aromatic rings. The van der Waals surface area contributed by atoms with Crippen molar-refractivity contribution in [1.29, 1.82) is 0 Å². The molecule has 0 unspecified atom stereocenters. The Balaban J connectivity index is 0.00000261. The first-order chi connectivity index (χ1) is 12.5. The highest BCUT2D eigenvalue weighted by molar-refractivity contribution is 6.04. The molecule has 146 valence electrons. The molecule has 0 aromatic heterocycles. The van der Waals surface area contributed by atoms with E-state index in [4.69, 9.17) is 16.9 Å².